The predicted molar refractivity (Wildman–Crippen MR) is 138 cm³/mol. The van der Waals surface area contributed by atoms with E-state index in [1.165, 1.54) is 10.4 Å². The molecule has 1 saturated carbocycles. The summed E-state index contributed by atoms with van der Waals surface area (Å²) >= 11 is 1.71. The molecule has 0 saturated heterocycles. The second-order valence-corrected chi connectivity index (χ2v) is 10.7. The summed E-state index contributed by atoms with van der Waals surface area (Å²) in [6.07, 6.45) is 12.2. The van der Waals surface area contributed by atoms with Crippen LogP contribution in [0.25, 0.3) is 21.7 Å². The molecule has 0 radical (unpaired) electrons. The van der Waals surface area contributed by atoms with Crippen molar-refractivity contribution >= 4 is 16.5 Å². The van der Waals surface area contributed by atoms with Crippen LogP contribution in [0.5, 0.6) is 0 Å². The van der Waals surface area contributed by atoms with Crippen LogP contribution in [0.2, 0.25) is 0 Å². The molecular formula is C28H31N3OS. The van der Waals surface area contributed by atoms with Gasteiger partial charge in [0.2, 0.25) is 0 Å². The van der Waals surface area contributed by atoms with Gasteiger partial charge in [0.05, 0.1) is 16.2 Å². The lowest BCUT2D eigenvalue weighted by atomic mass is 9.63. The molecule has 3 aromatic rings. The second kappa shape index (κ2) is 8.90. The van der Waals surface area contributed by atoms with Crippen LogP contribution in [0.15, 0.2) is 78.9 Å². The zero-order valence-electron chi connectivity index (χ0n) is 19.0. The molecule has 33 heavy (non-hydrogen) atoms. The Hall–Kier alpha value is -2.73. The van der Waals surface area contributed by atoms with E-state index >= 15 is 0 Å². The number of rotatable bonds is 7. The molecule has 0 bridgehead atoms. The minimum absolute atomic E-state index is 0.443. The Kier molecular flexibility index (Phi) is 5.95. The van der Waals surface area contributed by atoms with Gasteiger partial charge in [-0.25, -0.2) is 4.98 Å². The minimum Gasteiger partial charge on any atom is -0.390 e. The first-order valence-electron chi connectivity index (χ1n) is 11.7. The first-order valence-corrected chi connectivity index (χ1v) is 12.5. The molecule has 5 rings (SSSR count). The molecule has 0 amide bonds. The van der Waals surface area contributed by atoms with Gasteiger partial charge < -0.3 is 16.2 Å². The van der Waals surface area contributed by atoms with E-state index in [0.29, 0.717) is 18.8 Å². The van der Waals surface area contributed by atoms with Crippen LogP contribution in [-0.4, -0.2) is 22.2 Å². The number of benzene rings is 2. The smallest absolute Gasteiger partial charge is 0.183 e. The van der Waals surface area contributed by atoms with Crippen molar-refractivity contribution in [3.63, 3.8) is 0 Å². The van der Waals surface area contributed by atoms with E-state index in [1.807, 2.05) is 13.0 Å². The molecule has 4 nitrogen and oxygen atoms in total. The van der Waals surface area contributed by atoms with Gasteiger partial charge in [-0.1, -0.05) is 90.2 Å². The second-order valence-electron chi connectivity index (χ2n) is 9.67. The number of aromatic nitrogens is 1. The van der Waals surface area contributed by atoms with E-state index < -0.39 is 11.1 Å². The summed E-state index contributed by atoms with van der Waals surface area (Å²) in [7, 11) is 0. The topological polar surface area (TPSA) is 71.2 Å². The SMILES string of the molecule is C[C@]1(O)C[C@@](N)(c2ccc(-c3nc(NCCC4C=CC=CC4)sc3-c3ccccc3)cc2)C1. The third kappa shape index (κ3) is 4.81. The van der Waals surface area contributed by atoms with Crippen molar-refractivity contribution in [1.82, 2.24) is 4.98 Å². The highest BCUT2D eigenvalue weighted by Crippen LogP contribution is 2.47. The van der Waals surface area contributed by atoms with Gasteiger partial charge in [-0.2, -0.15) is 0 Å². The van der Waals surface area contributed by atoms with E-state index in [2.05, 4.69) is 78.2 Å². The normalized spacial score (nSPS) is 26.2. The van der Waals surface area contributed by atoms with E-state index in [1.54, 1.807) is 11.3 Å². The van der Waals surface area contributed by atoms with Crippen LogP contribution in [0, 0.1) is 5.92 Å². The highest BCUT2D eigenvalue weighted by Gasteiger charge is 2.49. The number of thiazole rings is 1. The number of aliphatic hydroxyl groups is 1. The van der Waals surface area contributed by atoms with E-state index in [9.17, 15) is 5.11 Å². The molecule has 1 fully saturated rings. The number of hydrogen-bond donors (Lipinski definition) is 3. The van der Waals surface area contributed by atoms with Crippen LogP contribution >= 0.6 is 11.3 Å². The highest BCUT2D eigenvalue weighted by atomic mass is 32.1. The standard InChI is InChI=1S/C28H31N3OS/c1-27(32)18-28(29,19-27)23-14-12-21(13-15-23)24-25(22-10-6-3-7-11-22)33-26(31-24)30-17-16-20-8-4-2-5-9-20/h2-8,10-15,20,32H,9,16-19,29H2,1H3,(H,30,31)/t20?,27-,28-. The van der Waals surface area contributed by atoms with E-state index in [-0.39, 0.29) is 0 Å². The van der Waals surface area contributed by atoms with Crippen molar-refractivity contribution in [3.05, 3.63) is 84.5 Å². The van der Waals surface area contributed by atoms with Crippen molar-refractivity contribution in [3.8, 4) is 21.7 Å². The molecule has 1 unspecified atom stereocenters. The fraction of sp³-hybridized carbons (Fsp3) is 0.321. The highest BCUT2D eigenvalue weighted by molar-refractivity contribution is 7.19. The molecular weight excluding hydrogens is 426 g/mol. The Morgan fingerprint density at radius 3 is 2.48 bits per heavy atom. The van der Waals surface area contributed by atoms with Gasteiger partial charge in [0, 0.05) is 17.6 Å². The van der Waals surface area contributed by atoms with Crippen molar-refractivity contribution in [1.29, 1.82) is 0 Å². The Balaban J connectivity index is 1.37. The van der Waals surface area contributed by atoms with Crippen LogP contribution in [0.4, 0.5) is 5.13 Å². The number of hydrogen-bond acceptors (Lipinski definition) is 5. The molecule has 4 N–H and O–H groups in total. The lowest BCUT2D eigenvalue weighted by Crippen LogP contribution is -2.58. The summed E-state index contributed by atoms with van der Waals surface area (Å²) in [6.45, 7) is 2.75. The van der Waals surface area contributed by atoms with Gasteiger partial charge in [0.25, 0.3) is 0 Å². The maximum atomic E-state index is 10.2. The molecule has 0 spiro atoms. The number of allylic oxidation sites excluding steroid dienone is 4. The predicted octanol–water partition coefficient (Wildman–Crippen LogP) is 6.11. The Bertz CT molecular complexity index is 1150. The first-order chi connectivity index (χ1) is 15.9. The summed E-state index contributed by atoms with van der Waals surface area (Å²) in [5, 5.41) is 14.7. The molecule has 2 aliphatic carbocycles. The van der Waals surface area contributed by atoms with Crippen molar-refractivity contribution in [2.75, 3.05) is 11.9 Å². The number of nitrogens with one attached hydrogen (secondary N) is 1. The number of anilines is 1. The summed E-state index contributed by atoms with van der Waals surface area (Å²) in [4.78, 5) is 6.16. The molecule has 1 aromatic heterocycles. The maximum Gasteiger partial charge on any atom is 0.183 e. The average molecular weight is 458 g/mol. The fourth-order valence-electron chi connectivity index (χ4n) is 5.06. The Labute approximate surface area is 199 Å². The zero-order valence-corrected chi connectivity index (χ0v) is 19.8. The Morgan fingerprint density at radius 2 is 1.82 bits per heavy atom. The fourth-order valence-corrected chi connectivity index (χ4v) is 6.08. The zero-order chi connectivity index (χ0) is 22.9. The molecule has 2 aliphatic rings. The van der Waals surface area contributed by atoms with Gasteiger partial charge in [-0.15, -0.1) is 0 Å². The summed E-state index contributed by atoms with van der Waals surface area (Å²) < 4.78 is 0. The van der Waals surface area contributed by atoms with Crippen molar-refractivity contribution < 1.29 is 5.11 Å². The van der Waals surface area contributed by atoms with Crippen LogP contribution in [0.1, 0.15) is 38.2 Å². The lowest BCUT2D eigenvalue weighted by Gasteiger charge is -2.49. The third-order valence-electron chi connectivity index (χ3n) is 6.65. The van der Waals surface area contributed by atoms with Crippen LogP contribution in [-0.2, 0) is 5.54 Å². The van der Waals surface area contributed by atoms with Crippen molar-refractivity contribution in [2.24, 2.45) is 11.7 Å². The van der Waals surface area contributed by atoms with E-state index in [4.69, 9.17) is 10.7 Å². The molecule has 5 heteroatoms. The van der Waals surface area contributed by atoms with Gasteiger partial charge >= 0.3 is 0 Å². The first kappa shape index (κ1) is 22.1. The van der Waals surface area contributed by atoms with Crippen molar-refractivity contribution in [2.45, 2.75) is 43.7 Å². The lowest BCUT2D eigenvalue weighted by molar-refractivity contribution is -0.0738. The molecule has 170 valence electrons. The van der Waals surface area contributed by atoms with E-state index in [0.717, 1.165) is 41.3 Å². The number of nitrogens with zero attached hydrogens (tertiary/aromatic N) is 1. The molecule has 0 aliphatic heterocycles. The van der Waals surface area contributed by atoms with Gasteiger partial charge in [0.1, 0.15) is 0 Å². The molecule has 1 atom stereocenters. The number of nitrogens with two attached hydrogens (primary N) is 1. The average Bonchev–Trinajstić information content (AvgIpc) is 3.23. The minimum atomic E-state index is -0.660. The Morgan fingerprint density at radius 1 is 1.06 bits per heavy atom. The van der Waals surface area contributed by atoms with Gasteiger partial charge in [0.15, 0.2) is 5.13 Å². The maximum absolute atomic E-state index is 10.2. The quantitative estimate of drug-likeness (QED) is 0.400. The monoisotopic (exact) mass is 457 g/mol. The van der Waals surface area contributed by atoms with Crippen LogP contribution in [0.3, 0.4) is 0 Å². The molecule has 2 aromatic carbocycles. The van der Waals surface area contributed by atoms with Crippen LogP contribution < -0.4 is 11.1 Å². The van der Waals surface area contributed by atoms with Gasteiger partial charge in [-0.05, 0) is 49.7 Å². The summed E-state index contributed by atoms with van der Waals surface area (Å²) in [5.41, 5.74) is 9.75. The largest absolute Gasteiger partial charge is 0.390 e. The van der Waals surface area contributed by atoms with Gasteiger partial charge in [-0.3, -0.25) is 0 Å². The summed E-state index contributed by atoms with van der Waals surface area (Å²) in [5.74, 6) is 0.596. The summed E-state index contributed by atoms with van der Waals surface area (Å²) in [6, 6.07) is 18.9. The third-order valence-corrected chi connectivity index (χ3v) is 7.71. The molecule has 1 heterocycles.